The van der Waals surface area contributed by atoms with Crippen LogP contribution in [-0.4, -0.2) is 22.6 Å². The van der Waals surface area contributed by atoms with Gasteiger partial charge in [0.1, 0.15) is 0 Å². The zero-order valence-electron chi connectivity index (χ0n) is 7.92. The van der Waals surface area contributed by atoms with Crippen molar-refractivity contribution in [3.8, 4) is 0 Å². The van der Waals surface area contributed by atoms with Crippen LogP contribution in [0.25, 0.3) is 5.57 Å². The van der Waals surface area contributed by atoms with Crippen molar-refractivity contribution >= 4 is 35.1 Å². The first-order valence-electron chi connectivity index (χ1n) is 4.27. The molecule has 0 spiro atoms. The molecule has 16 heavy (non-hydrogen) atoms. The lowest BCUT2D eigenvalue weighted by atomic mass is 10.1. The molecular weight excluding hydrogens is 272 g/mol. The standard InChI is InChI=1S/C9H7ClO4S2/c10-16(13,14)6-7-5-15(11,12)9-4-2-1-3-8(7)9/h1-5H,6H2. The van der Waals surface area contributed by atoms with E-state index in [1.165, 1.54) is 6.07 Å². The molecule has 4 nitrogen and oxygen atoms in total. The topological polar surface area (TPSA) is 68.3 Å². The molecule has 0 radical (unpaired) electrons. The highest BCUT2D eigenvalue weighted by Crippen LogP contribution is 2.34. The summed E-state index contributed by atoms with van der Waals surface area (Å²) >= 11 is 0. The highest BCUT2D eigenvalue weighted by Gasteiger charge is 2.28. The second-order valence-corrected chi connectivity index (χ2v) is 7.91. The zero-order valence-corrected chi connectivity index (χ0v) is 10.3. The molecule has 2 rings (SSSR count). The molecule has 0 amide bonds. The fourth-order valence-corrected chi connectivity index (χ4v) is 4.15. The van der Waals surface area contributed by atoms with Gasteiger partial charge >= 0.3 is 0 Å². The highest BCUT2D eigenvalue weighted by molar-refractivity contribution is 8.14. The van der Waals surface area contributed by atoms with Gasteiger partial charge in [-0.15, -0.1) is 0 Å². The normalized spacial score (nSPS) is 17.9. The van der Waals surface area contributed by atoms with E-state index < -0.39 is 24.6 Å². The van der Waals surface area contributed by atoms with Crippen LogP contribution in [-0.2, 0) is 18.9 Å². The van der Waals surface area contributed by atoms with Crippen molar-refractivity contribution in [3.05, 3.63) is 35.2 Å². The highest BCUT2D eigenvalue weighted by atomic mass is 35.7. The quantitative estimate of drug-likeness (QED) is 0.767. The Bertz CT molecular complexity index is 671. The van der Waals surface area contributed by atoms with Crippen LogP contribution in [0.1, 0.15) is 5.56 Å². The van der Waals surface area contributed by atoms with Crippen LogP contribution in [0.15, 0.2) is 34.6 Å². The van der Waals surface area contributed by atoms with Gasteiger partial charge in [0.05, 0.1) is 10.6 Å². The number of halogens is 1. The minimum Gasteiger partial charge on any atom is -0.219 e. The van der Waals surface area contributed by atoms with Crippen molar-refractivity contribution in [2.45, 2.75) is 4.90 Å². The van der Waals surface area contributed by atoms with Gasteiger partial charge < -0.3 is 0 Å². The lowest BCUT2D eigenvalue weighted by Crippen LogP contribution is -1.98. The maximum atomic E-state index is 11.6. The second kappa shape index (κ2) is 3.58. The molecule has 0 aromatic heterocycles. The number of benzene rings is 1. The minimum atomic E-state index is -3.76. The van der Waals surface area contributed by atoms with E-state index in [0.717, 1.165) is 5.41 Å². The first-order chi connectivity index (χ1) is 7.30. The molecule has 7 heteroatoms. The van der Waals surface area contributed by atoms with E-state index in [9.17, 15) is 16.8 Å². The number of sulfone groups is 1. The second-order valence-electron chi connectivity index (χ2n) is 3.37. The third kappa shape index (κ3) is 2.14. The minimum absolute atomic E-state index is 0.130. The van der Waals surface area contributed by atoms with E-state index in [1.54, 1.807) is 18.2 Å². The molecule has 1 heterocycles. The molecule has 86 valence electrons. The van der Waals surface area contributed by atoms with E-state index >= 15 is 0 Å². The molecule has 1 aliphatic heterocycles. The molecule has 1 aliphatic rings. The van der Waals surface area contributed by atoms with Crippen LogP contribution in [0, 0.1) is 0 Å². The summed E-state index contributed by atoms with van der Waals surface area (Å²) in [6, 6.07) is 6.24. The van der Waals surface area contributed by atoms with Crippen molar-refractivity contribution in [1.29, 1.82) is 0 Å². The molecule has 1 aromatic carbocycles. The lowest BCUT2D eigenvalue weighted by Gasteiger charge is -2.00. The molecule has 0 N–H and O–H groups in total. The summed E-state index contributed by atoms with van der Waals surface area (Å²) in [4.78, 5) is 0.130. The first-order valence-corrected chi connectivity index (χ1v) is 8.29. The predicted molar refractivity (Wildman–Crippen MR) is 61.2 cm³/mol. The van der Waals surface area contributed by atoms with Crippen LogP contribution in [0.3, 0.4) is 0 Å². The van der Waals surface area contributed by atoms with E-state index in [0.29, 0.717) is 5.56 Å². The van der Waals surface area contributed by atoms with Crippen LogP contribution < -0.4 is 0 Å². The summed E-state index contributed by atoms with van der Waals surface area (Å²) in [7, 11) is -2.16. The third-order valence-corrected chi connectivity index (χ3v) is 4.71. The smallest absolute Gasteiger partial charge is 0.219 e. The largest absolute Gasteiger partial charge is 0.236 e. The maximum Gasteiger partial charge on any atom is 0.236 e. The van der Waals surface area contributed by atoms with Gasteiger partial charge in [-0.25, -0.2) is 16.8 Å². The Morgan fingerprint density at radius 2 is 1.81 bits per heavy atom. The monoisotopic (exact) mass is 278 g/mol. The molecule has 0 saturated carbocycles. The van der Waals surface area contributed by atoms with E-state index in [-0.39, 0.29) is 10.5 Å². The molecule has 0 saturated heterocycles. The third-order valence-electron chi connectivity index (χ3n) is 2.16. The molecule has 0 bridgehead atoms. The Hall–Kier alpha value is -0.850. The van der Waals surface area contributed by atoms with Crippen molar-refractivity contribution in [2.24, 2.45) is 0 Å². The Morgan fingerprint density at radius 3 is 2.44 bits per heavy atom. The maximum absolute atomic E-state index is 11.6. The average molecular weight is 279 g/mol. The number of hydrogen-bond acceptors (Lipinski definition) is 4. The summed E-state index contributed by atoms with van der Waals surface area (Å²) in [5, 5.41) is 0.956. The summed E-state index contributed by atoms with van der Waals surface area (Å²) in [5.41, 5.74) is 0.623. The van der Waals surface area contributed by atoms with Gasteiger partial charge in [-0.3, -0.25) is 0 Å². The van der Waals surface area contributed by atoms with Crippen LogP contribution in [0.5, 0.6) is 0 Å². The van der Waals surface area contributed by atoms with Gasteiger partial charge in [0, 0.05) is 16.1 Å². The predicted octanol–water partition coefficient (Wildman–Crippen LogP) is 1.38. The number of fused-ring (bicyclic) bond motifs is 1. The van der Waals surface area contributed by atoms with Crippen molar-refractivity contribution in [3.63, 3.8) is 0 Å². The van der Waals surface area contributed by atoms with E-state index in [1.807, 2.05) is 0 Å². The molecule has 1 aromatic rings. The van der Waals surface area contributed by atoms with Crippen LogP contribution in [0.2, 0.25) is 0 Å². The summed E-state index contributed by atoms with van der Waals surface area (Å²) in [6.07, 6.45) is 0. The number of hydrogen-bond donors (Lipinski definition) is 0. The lowest BCUT2D eigenvalue weighted by molar-refractivity contribution is 0.605. The fraction of sp³-hybridized carbons (Fsp3) is 0.111. The van der Waals surface area contributed by atoms with Gasteiger partial charge in [0.25, 0.3) is 0 Å². The van der Waals surface area contributed by atoms with Gasteiger partial charge in [0.2, 0.25) is 18.9 Å². The SMILES string of the molecule is O=S(=O)(Cl)CC1=CS(=O)(=O)c2ccccc21. The van der Waals surface area contributed by atoms with E-state index in [2.05, 4.69) is 0 Å². The van der Waals surface area contributed by atoms with Crippen molar-refractivity contribution in [1.82, 2.24) is 0 Å². The zero-order chi connectivity index (χ0) is 12.0. The van der Waals surface area contributed by atoms with Gasteiger partial charge in [-0.2, -0.15) is 0 Å². The Labute approximate surface area is 97.9 Å². The molecular formula is C9H7ClO4S2. The Morgan fingerprint density at radius 1 is 1.19 bits per heavy atom. The summed E-state index contributed by atoms with van der Waals surface area (Å²) < 4.78 is 45.1. The molecule has 0 fully saturated rings. The summed E-state index contributed by atoms with van der Waals surface area (Å²) in [5.74, 6) is -0.481. The molecule has 0 aliphatic carbocycles. The van der Waals surface area contributed by atoms with Crippen LogP contribution >= 0.6 is 10.7 Å². The molecule has 0 unspecified atom stereocenters. The van der Waals surface area contributed by atoms with Gasteiger partial charge in [-0.05, 0) is 17.2 Å². The van der Waals surface area contributed by atoms with Crippen molar-refractivity contribution < 1.29 is 16.8 Å². The fourth-order valence-electron chi connectivity index (χ4n) is 1.59. The Kier molecular flexibility index (Phi) is 2.60. The van der Waals surface area contributed by atoms with Gasteiger partial charge in [-0.1, -0.05) is 18.2 Å². The van der Waals surface area contributed by atoms with Gasteiger partial charge in [0.15, 0.2) is 0 Å². The summed E-state index contributed by atoms with van der Waals surface area (Å²) in [6.45, 7) is 0. The van der Waals surface area contributed by atoms with Crippen molar-refractivity contribution in [2.75, 3.05) is 5.75 Å². The van der Waals surface area contributed by atoms with Crippen LogP contribution in [0.4, 0.5) is 0 Å². The first kappa shape index (κ1) is 11.6. The number of rotatable bonds is 2. The Balaban J connectivity index is 2.60. The average Bonchev–Trinajstić information content (AvgIpc) is 2.37. The molecule has 0 atom stereocenters. The van der Waals surface area contributed by atoms with E-state index in [4.69, 9.17) is 10.7 Å².